The third-order valence-corrected chi connectivity index (χ3v) is 4.17. The van der Waals surface area contributed by atoms with Gasteiger partial charge in [0.2, 0.25) is 0 Å². The molecule has 0 bridgehead atoms. The van der Waals surface area contributed by atoms with E-state index in [1.807, 2.05) is 49.4 Å². The molecule has 3 N–H and O–H groups in total. The fourth-order valence-electron chi connectivity index (χ4n) is 3.11. The third-order valence-electron chi connectivity index (χ3n) is 4.17. The summed E-state index contributed by atoms with van der Waals surface area (Å²) >= 11 is 0. The van der Waals surface area contributed by atoms with Crippen molar-refractivity contribution in [2.24, 2.45) is 5.10 Å². The van der Waals surface area contributed by atoms with Gasteiger partial charge in [-0.05, 0) is 36.2 Å². The van der Waals surface area contributed by atoms with E-state index in [9.17, 15) is 4.79 Å². The predicted molar refractivity (Wildman–Crippen MR) is 90.4 cm³/mol. The summed E-state index contributed by atoms with van der Waals surface area (Å²) < 4.78 is 0. The highest BCUT2D eigenvalue weighted by molar-refractivity contribution is 5.92. The van der Waals surface area contributed by atoms with Gasteiger partial charge in [-0.3, -0.25) is 0 Å². The molecule has 23 heavy (non-hydrogen) atoms. The van der Waals surface area contributed by atoms with Crippen LogP contribution >= 0.6 is 0 Å². The number of hydrogen-bond donors (Lipinski definition) is 3. The topological polar surface area (TPSA) is 69.3 Å². The molecule has 0 radical (unpaired) electrons. The van der Waals surface area contributed by atoms with Crippen LogP contribution in [0.4, 0.5) is 4.79 Å². The number of aromatic amines is 1. The Labute approximate surface area is 133 Å². The maximum Gasteiger partial charge on any atom is 0.336 e. The Morgan fingerprint density at radius 1 is 1.00 bits per heavy atom. The first-order valence-electron chi connectivity index (χ1n) is 7.45. The number of benzene rings is 2. The first-order chi connectivity index (χ1) is 11.2. The zero-order valence-electron chi connectivity index (χ0n) is 12.6. The average molecular weight is 304 g/mol. The van der Waals surface area contributed by atoms with Crippen LogP contribution < -0.4 is 10.7 Å². The van der Waals surface area contributed by atoms with E-state index in [-0.39, 0.29) is 6.03 Å². The molecule has 0 spiro atoms. The molecule has 1 aliphatic rings. The number of amides is 2. The number of hydrogen-bond acceptors (Lipinski definition) is 2. The van der Waals surface area contributed by atoms with Gasteiger partial charge in [0.1, 0.15) is 5.54 Å². The molecule has 2 aromatic carbocycles. The van der Waals surface area contributed by atoms with E-state index in [2.05, 4.69) is 33.0 Å². The SMILES string of the molecule is Cc1cc2cc(C3(c4ccccc4)C=NNC(=O)N3)ccc2[nH]1. The first kappa shape index (κ1) is 13.6. The van der Waals surface area contributed by atoms with Crippen LogP contribution in [0.5, 0.6) is 0 Å². The van der Waals surface area contributed by atoms with Crippen molar-refractivity contribution in [1.29, 1.82) is 0 Å². The summed E-state index contributed by atoms with van der Waals surface area (Å²) in [6, 6.07) is 17.8. The van der Waals surface area contributed by atoms with Crippen LogP contribution in [0.2, 0.25) is 0 Å². The summed E-state index contributed by atoms with van der Waals surface area (Å²) in [5, 5.41) is 8.19. The Morgan fingerprint density at radius 2 is 1.83 bits per heavy atom. The number of aromatic nitrogens is 1. The summed E-state index contributed by atoms with van der Waals surface area (Å²) in [7, 11) is 0. The lowest BCUT2D eigenvalue weighted by atomic mass is 9.83. The second-order valence-corrected chi connectivity index (χ2v) is 5.75. The minimum Gasteiger partial charge on any atom is -0.359 e. The van der Waals surface area contributed by atoms with E-state index < -0.39 is 5.54 Å². The van der Waals surface area contributed by atoms with E-state index in [0.717, 1.165) is 27.7 Å². The second kappa shape index (κ2) is 4.98. The highest BCUT2D eigenvalue weighted by Crippen LogP contribution is 2.31. The van der Waals surface area contributed by atoms with Crippen molar-refractivity contribution >= 4 is 23.1 Å². The van der Waals surface area contributed by atoms with E-state index in [0.29, 0.717) is 0 Å². The predicted octanol–water partition coefficient (Wildman–Crippen LogP) is 3.02. The van der Waals surface area contributed by atoms with Crippen LogP contribution in [0.1, 0.15) is 16.8 Å². The van der Waals surface area contributed by atoms with Crippen molar-refractivity contribution in [3.8, 4) is 0 Å². The van der Waals surface area contributed by atoms with Gasteiger partial charge in [0.05, 0.1) is 6.21 Å². The molecule has 1 atom stereocenters. The molecular formula is C18H16N4O. The van der Waals surface area contributed by atoms with Crippen LogP contribution in [0.25, 0.3) is 10.9 Å². The van der Waals surface area contributed by atoms with Gasteiger partial charge in [0.25, 0.3) is 0 Å². The third kappa shape index (κ3) is 2.17. The largest absolute Gasteiger partial charge is 0.359 e. The molecule has 2 amide bonds. The molecule has 0 aliphatic carbocycles. The van der Waals surface area contributed by atoms with Gasteiger partial charge in [-0.1, -0.05) is 36.4 Å². The minimum absolute atomic E-state index is 0.318. The molecule has 0 saturated carbocycles. The van der Waals surface area contributed by atoms with Gasteiger partial charge in [-0.25, -0.2) is 10.2 Å². The summed E-state index contributed by atoms with van der Waals surface area (Å²) in [5.74, 6) is 0. The number of rotatable bonds is 2. The summed E-state index contributed by atoms with van der Waals surface area (Å²) in [6.07, 6.45) is 1.74. The lowest BCUT2D eigenvalue weighted by molar-refractivity contribution is 0.234. The van der Waals surface area contributed by atoms with Gasteiger partial charge in [-0.2, -0.15) is 5.10 Å². The smallest absolute Gasteiger partial charge is 0.336 e. The Balaban J connectivity index is 1.95. The van der Waals surface area contributed by atoms with Crippen molar-refractivity contribution in [2.75, 3.05) is 0 Å². The maximum absolute atomic E-state index is 12.0. The number of carbonyl (C=O) groups excluding carboxylic acids is 1. The van der Waals surface area contributed by atoms with Crippen molar-refractivity contribution < 1.29 is 4.79 Å². The lowest BCUT2D eigenvalue weighted by Gasteiger charge is -2.34. The number of hydrazone groups is 1. The summed E-state index contributed by atoms with van der Waals surface area (Å²) in [5.41, 5.74) is 5.77. The van der Waals surface area contributed by atoms with Gasteiger partial charge in [-0.15, -0.1) is 0 Å². The molecule has 4 rings (SSSR count). The lowest BCUT2D eigenvalue weighted by Crippen LogP contribution is -2.54. The van der Waals surface area contributed by atoms with Gasteiger partial charge in [0, 0.05) is 16.6 Å². The Morgan fingerprint density at radius 3 is 2.61 bits per heavy atom. The maximum atomic E-state index is 12.0. The number of aryl methyl sites for hydroxylation is 1. The minimum atomic E-state index is -0.775. The zero-order chi connectivity index (χ0) is 15.9. The molecule has 0 saturated heterocycles. The Kier molecular flexibility index (Phi) is 2.94. The molecular weight excluding hydrogens is 288 g/mol. The van der Waals surface area contributed by atoms with Gasteiger partial charge < -0.3 is 10.3 Å². The molecule has 114 valence electrons. The fraction of sp³-hybridized carbons (Fsp3) is 0.111. The molecule has 0 fully saturated rings. The number of fused-ring (bicyclic) bond motifs is 1. The van der Waals surface area contributed by atoms with Crippen molar-refractivity contribution in [3.63, 3.8) is 0 Å². The van der Waals surface area contributed by atoms with Crippen LogP contribution in [-0.4, -0.2) is 17.2 Å². The van der Waals surface area contributed by atoms with E-state index in [1.165, 1.54) is 0 Å². The molecule has 3 aromatic rings. The van der Waals surface area contributed by atoms with Gasteiger partial charge >= 0.3 is 6.03 Å². The van der Waals surface area contributed by atoms with Crippen LogP contribution in [-0.2, 0) is 5.54 Å². The van der Waals surface area contributed by atoms with Crippen molar-refractivity contribution in [1.82, 2.24) is 15.7 Å². The molecule has 2 heterocycles. The Hall–Kier alpha value is -3.08. The van der Waals surface area contributed by atoms with Gasteiger partial charge in [0.15, 0.2) is 0 Å². The van der Waals surface area contributed by atoms with Crippen molar-refractivity contribution in [2.45, 2.75) is 12.5 Å². The molecule has 1 aromatic heterocycles. The van der Waals surface area contributed by atoms with Crippen LogP contribution in [0.15, 0.2) is 59.7 Å². The van der Waals surface area contributed by atoms with Crippen LogP contribution in [0, 0.1) is 6.92 Å². The molecule has 1 aliphatic heterocycles. The first-order valence-corrected chi connectivity index (χ1v) is 7.45. The molecule has 1 unspecified atom stereocenters. The van der Waals surface area contributed by atoms with Crippen molar-refractivity contribution in [3.05, 3.63) is 71.4 Å². The summed E-state index contributed by atoms with van der Waals surface area (Å²) in [6.45, 7) is 2.03. The Bertz CT molecular complexity index is 913. The number of urea groups is 1. The quantitative estimate of drug-likeness (QED) is 0.669. The monoisotopic (exact) mass is 304 g/mol. The second-order valence-electron chi connectivity index (χ2n) is 5.75. The van der Waals surface area contributed by atoms with E-state index in [4.69, 9.17) is 0 Å². The van der Waals surface area contributed by atoms with E-state index >= 15 is 0 Å². The normalized spacial score (nSPS) is 20.3. The average Bonchev–Trinajstić information content (AvgIpc) is 2.94. The zero-order valence-corrected chi connectivity index (χ0v) is 12.6. The number of carbonyl (C=O) groups is 1. The number of nitrogens with zero attached hydrogens (tertiary/aromatic N) is 1. The highest BCUT2D eigenvalue weighted by atomic mass is 16.2. The number of H-pyrrole nitrogens is 1. The molecule has 5 nitrogen and oxygen atoms in total. The standard InChI is InChI=1S/C18H16N4O/c1-12-9-13-10-15(7-8-16(13)20-12)18(11-19-22-17(23)21-18)14-5-3-2-4-6-14/h2-11,20H,1H3,(H2,21,22,23). The number of nitrogens with one attached hydrogen (secondary N) is 3. The molecule has 5 heteroatoms. The highest BCUT2D eigenvalue weighted by Gasteiger charge is 2.36. The van der Waals surface area contributed by atoms with E-state index in [1.54, 1.807) is 6.21 Å². The summed E-state index contributed by atoms with van der Waals surface area (Å²) in [4.78, 5) is 15.3. The fourth-order valence-corrected chi connectivity index (χ4v) is 3.11. The van der Waals surface area contributed by atoms with Crippen LogP contribution in [0.3, 0.4) is 0 Å².